The summed E-state index contributed by atoms with van der Waals surface area (Å²) in [6.45, 7) is 3.85. The molecule has 134 valence electrons. The minimum atomic E-state index is -4.55. The smallest absolute Gasteiger partial charge is 0.435 e. The van der Waals surface area contributed by atoms with Crippen LogP contribution in [-0.2, 0) is 17.3 Å². The van der Waals surface area contributed by atoms with Gasteiger partial charge in [0, 0.05) is 53.9 Å². The Kier molecular flexibility index (Phi) is 5.35. The van der Waals surface area contributed by atoms with Crippen LogP contribution in [0.25, 0.3) is 0 Å². The fraction of sp³-hybridized carbons (Fsp3) is 0.250. The minimum Gasteiger partial charge on any atom is -0.493 e. The summed E-state index contributed by atoms with van der Waals surface area (Å²) in [4.78, 5) is 0. The maximum atomic E-state index is 13.0. The van der Waals surface area contributed by atoms with E-state index in [1.54, 1.807) is 0 Å². The molecule has 1 aromatic rings. The molecule has 1 aliphatic rings. The highest BCUT2D eigenvalue weighted by Crippen LogP contribution is 2.35. The molecule has 0 saturated carbocycles. The van der Waals surface area contributed by atoms with Gasteiger partial charge < -0.3 is 21.6 Å². The highest BCUT2D eigenvalue weighted by molar-refractivity contribution is 5.86. The number of halogens is 3. The van der Waals surface area contributed by atoms with Crippen LogP contribution in [0.2, 0.25) is 0 Å². The molecule has 9 heteroatoms. The van der Waals surface area contributed by atoms with Crippen molar-refractivity contribution in [3.8, 4) is 0 Å². The minimum absolute atomic E-state index is 0.00269. The van der Waals surface area contributed by atoms with Crippen LogP contribution in [0, 0.1) is 5.41 Å². The highest BCUT2D eigenvalue weighted by Gasteiger charge is 2.37. The molecule has 1 aromatic heterocycles. The molecule has 0 fully saturated rings. The molecule has 0 atom stereocenters. The number of ether oxygens (including phenoxy) is 1. The molecular weight excluding hydrogens is 335 g/mol. The molecule has 0 unspecified atom stereocenters. The van der Waals surface area contributed by atoms with Gasteiger partial charge in [-0.3, -0.25) is 5.10 Å². The van der Waals surface area contributed by atoms with Crippen LogP contribution in [0.15, 0.2) is 53.2 Å². The number of hydrogen-bond donors (Lipinski definition) is 4. The monoisotopic (exact) mass is 353 g/mol. The van der Waals surface area contributed by atoms with Crippen LogP contribution >= 0.6 is 0 Å². The lowest BCUT2D eigenvalue weighted by Gasteiger charge is -2.13. The molecule has 0 saturated heterocycles. The Balaban J connectivity index is 2.45. The molecule has 0 bridgehead atoms. The summed E-state index contributed by atoms with van der Waals surface area (Å²) < 4.78 is 44.5. The zero-order valence-corrected chi connectivity index (χ0v) is 13.3. The molecule has 0 amide bonds. The molecule has 25 heavy (non-hydrogen) atoms. The lowest BCUT2D eigenvalue weighted by molar-refractivity contribution is -0.141. The lowest BCUT2D eigenvalue weighted by atomic mass is 9.96. The Morgan fingerprint density at radius 3 is 2.76 bits per heavy atom. The Morgan fingerprint density at radius 1 is 1.48 bits per heavy atom. The zero-order valence-electron chi connectivity index (χ0n) is 13.3. The zero-order chi connectivity index (χ0) is 18.6. The first kappa shape index (κ1) is 18.4. The normalized spacial score (nSPS) is 16.5. The Morgan fingerprint density at radius 2 is 2.20 bits per heavy atom. The van der Waals surface area contributed by atoms with Gasteiger partial charge in [0.05, 0.1) is 6.61 Å². The van der Waals surface area contributed by atoms with E-state index in [-0.39, 0.29) is 23.3 Å². The quantitative estimate of drug-likeness (QED) is 0.465. The fourth-order valence-corrected chi connectivity index (χ4v) is 2.57. The van der Waals surface area contributed by atoms with E-state index >= 15 is 0 Å². The standard InChI is InChI=1S/C16H18F3N5O/c1-2-13(22)11(6-20)12(7-21)14-9(3-4-25-14)5-10-8-23-24-15(10)16(17,18)19/h2,6-8,20H,1,3-5,21-22H2,(H,23,24)/b12-7-,13-11+,20-6?. The molecule has 2 heterocycles. The number of H-pyrrole nitrogens is 1. The van der Waals surface area contributed by atoms with E-state index in [1.807, 2.05) is 0 Å². The first-order valence-electron chi connectivity index (χ1n) is 7.33. The average Bonchev–Trinajstić information content (AvgIpc) is 3.21. The molecular formula is C16H18F3N5O. The van der Waals surface area contributed by atoms with Gasteiger partial charge in [0.15, 0.2) is 5.69 Å². The van der Waals surface area contributed by atoms with Gasteiger partial charge in [-0.25, -0.2) is 0 Å². The summed E-state index contributed by atoms with van der Waals surface area (Å²) in [7, 11) is 0. The van der Waals surface area contributed by atoms with Gasteiger partial charge in [-0.2, -0.15) is 18.3 Å². The van der Waals surface area contributed by atoms with Crippen LogP contribution in [0.5, 0.6) is 0 Å². The van der Waals surface area contributed by atoms with Crippen molar-refractivity contribution >= 4 is 6.21 Å². The van der Waals surface area contributed by atoms with Gasteiger partial charge in [-0.1, -0.05) is 6.58 Å². The highest BCUT2D eigenvalue weighted by atomic mass is 19.4. The summed E-state index contributed by atoms with van der Waals surface area (Å²) in [5.41, 5.74) is 12.0. The number of rotatable bonds is 6. The van der Waals surface area contributed by atoms with Crippen molar-refractivity contribution in [3.05, 3.63) is 64.5 Å². The number of allylic oxidation sites excluding steroid dienone is 2. The van der Waals surface area contributed by atoms with Crippen LogP contribution in [0.1, 0.15) is 17.7 Å². The van der Waals surface area contributed by atoms with Gasteiger partial charge in [-0.15, -0.1) is 0 Å². The van der Waals surface area contributed by atoms with Gasteiger partial charge in [0.25, 0.3) is 0 Å². The lowest BCUT2D eigenvalue weighted by Crippen LogP contribution is -2.10. The van der Waals surface area contributed by atoms with Crippen molar-refractivity contribution in [1.82, 2.24) is 10.2 Å². The second-order valence-electron chi connectivity index (χ2n) is 5.26. The SMILES string of the molecule is C=C/C(N)=C(C=N)\C(=C\N)C1=C(Cc2c[nH]nc2C(F)(F)F)CCO1. The number of nitrogens with zero attached hydrogens (tertiary/aromatic N) is 1. The third-order valence-electron chi connectivity index (χ3n) is 3.74. The summed E-state index contributed by atoms with van der Waals surface area (Å²) in [6, 6.07) is 0. The van der Waals surface area contributed by atoms with Crippen LogP contribution in [0.4, 0.5) is 13.2 Å². The number of alkyl halides is 3. The fourth-order valence-electron chi connectivity index (χ4n) is 2.57. The van der Waals surface area contributed by atoms with Gasteiger partial charge in [-0.05, 0) is 11.6 Å². The summed E-state index contributed by atoms with van der Waals surface area (Å²) in [5.74, 6) is 0.333. The van der Waals surface area contributed by atoms with Crippen molar-refractivity contribution in [2.24, 2.45) is 11.5 Å². The van der Waals surface area contributed by atoms with E-state index in [2.05, 4.69) is 16.8 Å². The molecule has 6 nitrogen and oxygen atoms in total. The second-order valence-corrected chi connectivity index (χ2v) is 5.26. The Bertz CT molecular complexity index is 771. The summed E-state index contributed by atoms with van der Waals surface area (Å²) >= 11 is 0. The van der Waals surface area contributed by atoms with Crippen LogP contribution < -0.4 is 11.5 Å². The average molecular weight is 353 g/mol. The maximum absolute atomic E-state index is 13.0. The molecule has 6 N–H and O–H groups in total. The Labute approximate surface area is 142 Å². The van der Waals surface area contributed by atoms with E-state index in [1.165, 1.54) is 18.5 Å². The van der Waals surface area contributed by atoms with E-state index in [0.717, 1.165) is 6.21 Å². The van der Waals surface area contributed by atoms with Crippen molar-refractivity contribution in [3.63, 3.8) is 0 Å². The summed E-state index contributed by atoms with van der Waals surface area (Å²) in [6.07, 6.45) is 0.680. The summed E-state index contributed by atoms with van der Waals surface area (Å²) in [5, 5.41) is 13.0. The first-order valence-corrected chi connectivity index (χ1v) is 7.33. The molecule has 0 spiro atoms. The third kappa shape index (κ3) is 3.76. The van der Waals surface area contributed by atoms with E-state index in [9.17, 15) is 13.2 Å². The molecule has 0 aromatic carbocycles. The van der Waals surface area contributed by atoms with Crippen LogP contribution in [0.3, 0.4) is 0 Å². The van der Waals surface area contributed by atoms with E-state index in [0.29, 0.717) is 29.9 Å². The van der Waals surface area contributed by atoms with Crippen molar-refractivity contribution < 1.29 is 17.9 Å². The number of aromatic nitrogens is 2. The van der Waals surface area contributed by atoms with Crippen molar-refractivity contribution in [1.29, 1.82) is 5.41 Å². The third-order valence-corrected chi connectivity index (χ3v) is 3.74. The van der Waals surface area contributed by atoms with Crippen molar-refractivity contribution in [2.75, 3.05) is 6.61 Å². The maximum Gasteiger partial charge on any atom is 0.435 e. The number of nitrogens with two attached hydrogens (primary N) is 2. The number of hydrogen-bond acceptors (Lipinski definition) is 5. The molecule has 0 radical (unpaired) electrons. The number of aromatic amines is 1. The molecule has 0 aliphatic carbocycles. The molecule has 2 rings (SSSR count). The van der Waals surface area contributed by atoms with Crippen molar-refractivity contribution in [2.45, 2.75) is 19.0 Å². The Hall–Kier alpha value is -2.97. The predicted molar refractivity (Wildman–Crippen MR) is 87.4 cm³/mol. The first-order chi connectivity index (χ1) is 11.8. The topological polar surface area (TPSA) is 114 Å². The van der Waals surface area contributed by atoms with E-state index < -0.39 is 11.9 Å². The molecule has 1 aliphatic heterocycles. The second kappa shape index (κ2) is 7.29. The van der Waals surface area contributed by atoms with Gasteiger partial charge in [0.1, 0.15) is 5.76 Å². The van der Waals surface area contributed by atoms with Crippen LogP contribution in [-0.4, -0.2) is 23.0 Å². The largest absolute Gasteiger partial charge is 0.493 e. The van der Waals surface area contributed by atoms with Gasteiger partial charge >= 0.3 is 6.18 Å². The van der Waals surface area contributed by atoms with E-state index in [4.69, 9.17) is 21.6 Å². The van der Waals surface area contributed by atoms with Gasteiger partial charge in [0.2, 0.25) is 0 Å². The predicted octanol–water partition coefficient (Wildman–Crippen LogP) is 2.54. The number of nitrogens with one attached hydrogen (secondary N) is 2.